The number of rotatable bonds is 5. The van der Waals surface area contributed by atoms with E-state index in [-0.39, 0.29) is 11.3 Å². The number of sulfone groups is 1. The van der Waals surface area contributed by atoms with Crippen molar-refractivity contribution in [3.8, 4) is 0 Å². The molecule has 1 rings (SSSR count). The molecule has 0 aliphatic carbocycles. The third-order valence-electron chi connectivity index (χ3n) is 1.89. The lowest BCUT2D eigenvalue weighted by Gasteiger charge is -2.04. The van der Waals surface area contributed by atoms with E-state index in [2.05, 4.69) is 15.9 Å². The molecule has 94 valence electrons. The second kappa shape index (κ2) is 5.88. The monoisotopic (exact) mass is 338 g/mol. The quantitative estimate of drug-likeness (QED) is 0.834. The minimum Gasteiger partial charge on any atom is -0.478 e. The molecule has 0 atom stereocenters. The summed E-state index contributed by atoms with van der Waals surface area (Å²) in [5.41, 5.74) is 0.175. The van der Waals surface area contributed by atoms with Crippen LogP contribution in [-0.2, 0) is 9.84 Å². The number of carbonyl (C=O) groups is 1. The summed E-state index contributed by atoms with van der Waals surface area (Å²) in [6.45, 7) is 0. The Morgan fingerprint density at radius 3 is 2.65 bits per heavy atom. The van der Waals surface area contributed by atoms with Crippen LogP contribution in [0.1, 0.15) is 10.4 Å². The van der Waals surface area contributed by atoms with Gasteiger partial charge in [0.2, 0.25) is 0 Å². The van der Waals surface area contributed by atoms with Crippen molar-refractivity contribution in [2.75, 3.05) is 17.8 Å². The van der Waals surface area contributed by atoms with Crippen LogP contribution >= 0.6 is 27.7 Å². The fraction of sp³-hybridized carbons (Fsp3) is 0.300. The van der Waals surface area contributed by atoms with Crippen LogP contribution in [0, 0.1) is 0 Å². The predicted octanol–water partition coefficient (Wildman–Crippen LogP) is 2.28. The maximum Gasteiger partial charge on any atom is 0.336 e. The number of carboxylic acids is 1. The van der Waals surface area contributed by atoms with Crippen molar-refractivity contribution in [1.29, 1.82) is 0 Å². The van der Waals surface area contributed by atoms with Crippen LogP contribution in [0.4, 0.5) is 0 Å². The molecule has 0 fully saturated rings. The standard InChI is InChI=1S/C10H11BrO4S2/c1-17(14,15)5-4-16-7-2-3-9(11)8(6-7)10(12)13/h2-3,6H,4-5H2,1H3,(H,12,13). The van der Waals surface area contributed by atoms with Gasteiger partial charge in [0, 0.05) is 21.4 Å². The molecule has 0 heterocycles. The molecule has 0 saturated carbocycles. The highest BCUT2D eigenvalue weighted by molar-refractivity contribution is 9.10. The Hall–Kier alpha value is -0.530. The summed E-state index contributed by atoms with van der Waals surface area (Å²) in [6.07, 6.45) is 1.18. The molecule has 17 heavy (non-hydrogen) atoms. The molecule has 0 unspecified atom stereocenters. The summed E-state index contributed by atoms with van der Waals surface area (Å²) in [4.78, 5) is 11.6. The summed E-state index contributed by atoms with van der Waals surface area (Å²) < 4.78 is 22.4. The minimum atomic E-state index is -2.98. The number of benzene rings is 1. The van der Waals surface area contributed by atoms with E-state index >= 15 is 0 Å². The van der Waals surface area contributed by atoms with E-state index in [1.165, 1.54) is 24.1 Å². The Morgan fingerprint density at radius 2 is 2.12 bits per heavy atom. The van der Waals surface area contributed by atoms with E-state index in [1.54, 1.807) is 12.1 Å². The summed E-state index contributed by atoms with van der Waals surface area (Å²) in [5, 5.41) is 8.91. The van der Waals surface area contributed by atoms with Gasteiger partial charge < -0.3 is 5.11 Å². The van der Waals surface area contributed by atoms with Crippen molar-refractivity contribution in [2.24, 2.45) is 0 Å². The van der Waals surface area contributed by atoms with Crippen LogP contribution in [0.15, 0.2) is 27.6 Å². The zero-order valence-corrected chi connectivity index (χ0v) is 12.2. The zero-order valence-electron chi connectivity index (χ0n) is 9.01. The van der Waals surface area contributed by atoms with Crippen molar-refractivity contribution in [1.82, 2.24) is 0 Å². The Morgan fingerprint density at radius 1 is 1.47 bits per heavy atom. The maximum absolute atomic E-state index is 10.9. The number of halogens is 1. The van der Waals surface area contributed by atoms with E-state index in [9.17, 15) is 13.2 Å². The van der Waals surface area contributed by atoms with E-state index < -0.39 is 15.8 Å². The molecule has 0 saturated heterocycles. The molecular weight excluding hydrogens is 328 g/mol. The average Bonchev–Trinajstić information content (AvgIpc) is 2.18. The number of hydrogen-bond donors (Lipinski definition) is 1. The SMILES string of the molecule is CS(=O)(=O)CCSc1ccc(Br)c(C(=O)O)c1. The van der Waals surface area contributed by atoms with Gasteiger partial charge >= 0.3 is 5.97 Å². The van der Waals surface area contributed by atoms with Crippen molar-refractivity contribution in [2.45, 2.75) is 4.90 Å². The number of hydrogen-bond acceptors (Lipinski definition) is 4. The van der Waals surface area contributed by atoms with Crippen LogP contribution in [0.2, 0.25) is 0 Å². The Balaban J connectivity index is 2.73. The molecule has 0 spiro atoms. The third kappa shape index (κ3) is 5.10. The Labute approximate surface area is 112 Å². The van der Waals surface area contributed by atoms with Gasteiger partial charge in [-0.05, 0) is 34.1 Å². The lowest BCUT2D eigenvalue weighted by Crippen LogP contribution is -2.05. The van der Waals surface area contributed by atoms with Gasteiger partial charge in [-0.3, -0.25) is 0 Å². The maximum atomic E-state index is 10.9. The molecule has 0 aliphatic rings. The van der Waals surface area contributed by atoms with E-state index in [1.807, 2.05) is 0 Å². The third-order valence-corrected chi connectivity index (χ3v) is 4.78. The topological polar surface area (TPSA) is 71.4 Å². The highest BCUT2D eigenvalue weighted by atomic mass is 79.9. The molecule has 0 amide bonds. The smallest absolute Gasteiger partial charge is 0.336 e. The molecule has 4 nitrogen and oxygen atoms in total. The number of thioether (sulfide) groups is 1. The van der Waals surface area contributed by atoms with Gasteiger partial charge in [0.05, 0.1) is 11.3 Å². The molecule has 1 N–H and O–H groups in total. The lowest BCUT2D eigenvalue weighted by molar-refractivity contribution is 0.0695. The Bertz CT molecular complexity index is 525. The van der Waals surface area contributed by atoms with Gasteiger partial charge in [0.15, 0.2) is 0 Å². The normalized spacial score (nSPS) is 11.4. The van der Waals surface area contributed by atoms with Crippen molar-refractivity contribution < 1.29 is 18.3 Å². The van der Waals surface area contributed by atoms with Gasteiger partial charge in [-0.25, -0.2) is 13.2 Å². The highest BCUT2D eigenvalue weighted by Gasteiger charge is 2.09. The van der Waals surface area contributed by atoms with E-state index in [4.69, 9.17) is 5.11 Å². The summed E-state index contributed by atoms with van der Waals surface area (Å²) >= 11 is 4.47. The molecule has 0 aliphatic heterocycles. The minimum absolute atomic E-state index is 0.0795. The summed E-state index contributed by atoms with van der Waals surface area (Å²) in [5.74, 6) is -0.516. The first-order chi connectivity index (χ1) is 7.79. The van der Waals surface area contributed by atoms with Gasteiger partial charge in [0.1, 0.15) is 9.84 Å². The first kappa shape index (κ1) is 14.5. The van der Waals surface area contributed by atoms with Crippen LogP contribution in [0.25, 0.3) is 0 Å². The zero-order chi connectivity index (χ0) is 13.1. The van der Waals surface area contributed by atoms with Crippen LogP contribution < -0.4 is 0 Å². The van der Waals surface area contributed by atoms with E-state index in [0.717, 1.165) is 4.90 Å². The van der Waals surface area contributed by atoms with E-state index in [0.29, 0.717) is 10.2 Å². The van der Waals surface area contributed by atoms with Gasteiger partial charge in [-0.2, -0.15) is 0 Å². The molecule has 1 aromatic rings. The first-order valence-corrected chi connectivity index (χ1v) is 8.47. The van der Waals surface area contributed by atoms with Crippen LogP contribution in [0.3, 0.4) is 0 Å². The predicted molar refractivity (Wildman–Crippen MR) is 71.5 cm³/mol. The van der Waals surface area contributed by atoms with Crippen molar-refractivity contribution >= 4 is 43.5 Å². The van der Waals surface area contributed by atoms with Crippen LogP contribution in [0.5, 0.6) is 0 Å². The molecule has 0 aromatic heterocycles. The molecule has 1 aromatic carbocycles. The first-order valence-electron chi connectivity index (χ1n) is 4.63. The lowest BCUT2D eigenvalue weighted by atomic mass is 10.2. The fourth-order valence-corrected chi connectivity index (χ4v) is 3.63. The van der Waals surface area contributed by atoms with Crippen LogP contribution in [-0.4, -0.2) is 37.3 Å². The molecule has 0 radical (unpaired) electrons. The molecular formula is C10H11BrO4S2. The second-order valence-corrected chi connectivity index (χ2v) is 7.71. The molecule has 7 heteroatoms. The molecule has 0 bridgehead atoms. The highest BCUT2D eigenvalue weighted by Crippen LogP contribution is 2.25. The number of aromatic carboxylic acids is 1. The fourth-order valence-electron chi connectivity index (χ4n) is 1.07. The Kier molecular flexibility index (Phi) is 5.03. The average molecular weight is 339 g/mol. The van der Waals surface area contributed by atoms with Gasteiger partial charge in [-0.1, -0.05) is 0 Å². The van der Waals surface area contributed by atoms with Crippen molar-refractivity contribution in [3.05, 3.63) is 28.2 Å². The summed E-state index contributed by atoms with van der Waals surface area (Å²) in [6, 6.07) is 4.93. The van der Waals surface area contributed by atoms with Gasteiger partial charge in [-0.15, -0.1) is 11.8 Å². The van der Waals surface area contributed by atoms with Crippen molar-refractivity contribution in [3.63, 3.8) is 0 Å². The van der Waals surface area contributed by atoms with Gasteiger partial charge in [0.25, 0.3) is 0 Å². The second-order valence-electron chi connectivity index (χ2n) is 3.43. The number of carboxylic acid groups (broad SMARTS) is 1. The largest absolute Gasteiger partial charge is 0.478 e. The summed E-state index contributed by atoms with van der Waals surface area (Å²) in [7, 11) is -2.98.